The summed E-state index contributed by atoms with van der Waals surface area (Å²) in [6.07, 6.45) is 6.14. The molecule has 0 bridgehead atoms. The Morgan fingerprint density at radius 3 is 2.48 bits per heavy atom. The molecule has 1 saturated carbocycles. The van der Waals surface area contributed by atoms with Gasteiger partial charge in [0.15, 0.2) is 0 Å². The molecule has 1 aliphatic carbocycles. The average molecular weight is 393 g/mol. The van der Waals surface area contributed by atoms with E-state index in [1.54, 1.807) is 23.9 Å². The monoisotopic (exact) mass is 392 g/mol. The van der Waals surface area contributed by atoms with E-state index in [-0.39, 0.29) is 28.9 Å². The predicted molar refractivity (Wildman–Crippen MR) is 108 cm³/mol. The normalized spacial score (nSPS) is 23.6. The third-order valence-corrected chi connectivity index (χ3v) is 6.70. The number of nitrogens with one attached hydrogen (secondary N) is 1. The highest BCUT2D eigenvalue weighted by molar-refractivity contribution is 8.00. The van der Waals surface area contributed by atoms with Crippen molar-refractivity contribution in [2.24, 2.45) is 11.8 Å². The Labute approximate surface area is 165 Å². The fourth-order valence-corrected chi connectivity index (χ4v) is 5.61. The molecule has 0 radical (unpaired) electrons. The van der Waals surface area contributed by atoms with Crippen LogP contribution < -0.4 is 5.32 Å². The molecular formula is C21H29FN2O2S. The minimum absolute atomic E-state index is 0.0493. The number of halogens is 1. The second-order valence-electron chi connectivity index (χ2n) is 8.01. The van der Waals surface area contributed by atoms with Crippen molar-refractivity contribution in [3.63, 3.8) is 0 Å². The first-order valence-electron chi connectivity index (χ1n) is 9.96. The molecule has 148 valence electrons. The Balaban J connectivity index is 1.75. The first-order valence-corrected chi connectivity index (χ1v) is 11.0. The van der Waals surface area contributed by atoms with Gasteiger partial charge in [0.2, 0.25) is 11.8 Å². The Bertz CT molecular complexity index is 659. The number of nitrogens with zero attached hydrogens (tertiary/aromatic N) is 1. The first-order chi connectivity index (χ1) is 13.0. The largest absolute Gasteiger partial charge is 0.324 e. The summed E-state index contributed by atoms with van der Waals surface area (Å²) < 4.78 is 13.1. The summed E-state index contributed by atoms with van der Waals surface area (Å²) >= 11 is 1.70. The standard InChI is InChI=1S/C21H29FN2O2S/c1-14(2)12-19-24(21(26)15-6-4-3-5-7-15)18(13-27-19)20(25)23-17-10-8-16(22)9-11-17/h8-11,14-15,18-19H,3-7,12-13H2,1-2H3,(H,23,25). The van der Waals surface area contributed by atoms with E-state index in [0.717, 1.165) is 32.1 Å². The number of rotatable bonds is 5. The molecule has 1 aliphatic heterocycles. The van der Waals surface area contributed by atoms with Crippen LogP contribution in [-0.4, -0.2) is 33.9 Å². The van der Waals surface area contributed by atoms with E-state index in [0.29, 0.717) is 17.4 Å². The van der Waals surface area contributed by atoms with Crippen molar-refractivity contribution in [2.75, 3.05) is 11.1 Å². The van der Waals surface area contributed by atoms with E-state index in [4.69, 9.17) is 0 Å². The minimum atomic E-state index is -0.460. The molecule has 1 N–H and O–H groups in total. The van der Waals surface area contributed by atoms with E-state index in [9.17, 15) is 14.0 Å². The molecule has 3 rings (SSSR count). The highest BCUT2D eigenvalue weighted by atomic mass is 32.2. The van der Waals surface area contributed by atoms with Crippen molar-refractivity contribution in [1.82, 2.24) is 4.90 Å². The molecule has 2 aliphatic rings. The van der Waals surface area contributed by atoms with Crippen LogP contribution in [0, 0.1) is 17.7 Å². The third-order valence-electron chi connectivity index (χ3n) is 5.39. The van der Waals surface area contributed by atoms with E-state index in [2.05, 4.69) is 19.2 Å². The zero-order chi connectivity index (χ0) is 19.4. The molecule has 1 saturated heterocycles. The molecule has 2 fully saturated rings. The maximum absolute atomic E-state index is 13.3. The predicted octanol–water partition coefficient (Wildman–Crippen LogP) is 4.66. The van der Waals surface area contributed by atoms with Gasteiger partial charge in [-0.05, 0) is 49.4 Å². The van der Waals surface area contributed by atoms with E-state index in [1.807, 2.05) is 4.90 Å². The summed E-state index contributed by atoms with van der Waals surface area (Å²) in [5, 5.41) is 2.92. The highest BCUT2D eigenvalue weighted by Crippen LogP contribution is 2.37. The van der Waals surface area contributed by atoms with Crippen molar-refractivity contribution >= 4 is 29.3 Å². The number of carbonyl (C=O) groups is 2. The molecule has 6 heteroatoms. The van der Waals surface area contributed by atoms with Gasteiger partial charge in [0, 0.05) is 17.4 Å². The lowest BCUT2D eigenvalue weighted by molar-refractivity contribution is -0.142. The quantitative estimate of drug-likeness (QED) is 0.793. The van der Waals surface area contributed by atoms with Crippen LogP contribution in [0.1, 0.15) is 52.4 Å². The molecule has 1 heterocycles. The van der Waals surface area contributed by atoms with Gasteiger partial charge in [-0.3, -0.25) is 9.59 Å². The van der Waals surface area contributed by atoms with Crippen molar-refractivity contribution in [1.29, 1.82) is 0 Å². The van der Waals surface area contributed by atoms with Crippen LogP contribution >= 0.6 is 11.8 Å². The van der Waals surface area contributed by atoms with Crippen LogP contribution in [0.5, 0.6) is 0 Å². The van der Waals surface area contributed by atoms with Crippen molar-refractivity contribution in [3.05, 3.63) is 30.1 Å². The summed E-state index contributed by atoms with van der Waals surface area (Å²) in [4.78, 5) is 28.1. The van der Waals surface area contributed by atoms with Crippen LogP contribution in [-0.2, 0) is 9.59 Å². The second-order valence-corrected chi connectivity index (χ2v) is 9.22. The Morgan fingerprint density at radius 2 is 1.85 bits per heavy atom. The van der Waals surface area contributed by atoms with Gasteiger partial charge in [-0.25, -0.2) is 4.39 Å². The van der Waals surface area contributed by atoms with Gasteiger partial charge in [0.25, 0.3) is 0 Å². The summed E-state index contributed by atoms with van der Waals surface area (Å²) in [5.41, 5.74) is 0.559. The van der Waals surface area contributed by atoms with Crippen LogP contribution in [0.25, 0.3) is 0 Å². The summed E-state index contributed by atoms with van der Waals surface area (Å²) in [5.74, 6) is 0.754. The third kappa shape index (κ3) is 5.03. The van der Waals surface area contributed by atoms with Gasteiger partial charge in [0.1, 0.15) is 11.9 Å². The number of hydrogen-bond acceptors (Lipinski definition) is 3. The summed E-state index contributed by atoms with van der Waals surface area (Å²) in [6, 6.07) is 5.29. The van der Waals surface area contributed by atoms with Gasteiger partial charge >= 0.3 is 0 Å². The number of amides is 2. The molecule has 2 amide bonds. The molecule has 0 spiro atoms. The fourth-order valence-electron chi connectivity index (χ4n) is 3.97. The number of anilines is 1. The maximum Gasteiger partial charge on any atom is 0.248 e. The van der Waals surface area contributed by atoms with Crippen LogP contribution in [0.2, 0.25) is 0 Å². The van der Waals surface area contributed by atoms with E-state index >= 15 is 0 Å². The Kier molecular flexibility index (Phi) is 6.79. The fraction of sp³-hybridized carbons (Fsp3) is 0.619. The molecule has 2 unspecified atom stereocenters. The van der Waals surface area contributed by atoms with Crippen molar-refractivity contribution in [3.8, 4) is 0 Å². The lowest BCUT2D eigenvalue weighted by atomic mass is 9.87. The second kappa shape index (κ2) is 9.09. The van der Waals surface area contributed by atoms with Crippen molar-refractivity contribution < 1.29 is 14.0 Å². The lowest BCUT2D eigenvalue weighted by Crippen LogP contribution is -2.50. The molecule has 27 heavy (non-hydrogen) atoms. The van der Waals surface area contributed by atoms with Gasteiger partial charge in [0.05, 0.1) is 5.37 Å². The van der Waals surface area contributed by atoms with Crippen LogP contribution in [0.15, 0.2) is 24.3 Å². The van der Waals surface area contributed by atoms with E-state index < -0.39 is 6.04 Å². The topological polar surface area (TPSA) is 49.4 Å². The molecule has 4 nitrogen and oxygen atoms in total. The molecular weight excluding hydrogens is 363 g/mol. The smallest absolute Gasteiger partial charge is 0.248 e. The maximum atomic E-state index is 13.3. The molecule has 1 aromatic carbocycles. The summed E-state index contributed by atoms with van der Waals surface area (Å²) in [6.45, 7) is 4.30. The zero-order valence-electron chi connectivity index (χ0n) is 16.1. The highest BCUT2D eigenvalue weighted by Gasteiger charge is 2.43. The Morgan fingerprint density at radius 1 is 1.19 bits per heavy atom. The molecule has 1 aromatic rings. The molecule has 2 atom stereocenters. The number of benzene rings is 1. The summed E-state index contributed by atoms with van der Waals surface area (Å²) in [7, 11) is 0. The Hall–Kier alpha value is -1.56. The molecule has 0 aromatic heterocycles. The number of hydrogen-bond donors (Lipinski definition) is 1. The van der Waals surface area contributed by atoms with Crippen LogP contribution in [0.3, 0.4) is 0 Å². The zero-order valence-corrected chi connectivity index (χ0v) is 16.9. The average Bonchev–Trinajstić information content (AvgIpc) is 3.06. The minimum Gasteiger partial charge on any atom is -0.324 e. The van der Waals surface area contributed by atoms with Crippen molar-refractivity contribution in [2.45, 2.75) is 63.8 Å². The van der Waals surface area contributed by atoms with E-state index in [1.165, 1.54) is 18.6 Å². The van der Waals surface area contributed by atoms with Gasteiger partial charge < -0.3 is 10.2 Å². The number of thioether (sulfide) groups is 1. The van der Waals surface area contributed by atoms with Gasteiger partial charge in [-0.1, -0.05) is 33.1 Å². The van der Waals surface area contributed by atoms with Gasteiger partial charge in [-0.15, -0.1) is 11.8 Å². The number of carbonyl (C=O) groups excluding carboxylic acids is 2. The lowest BCUT2D eigenvalue weighted by Gasteiger charge is -2.34. The SMILES string of the molecule is CC(C)CC1SCC(C(=O)Nc2ccc(F)cc2)N1C(=O)C1CCCCC1. The first kappa shape index (κ1) is 20.2. The van der Waals surface area contributed by atoms with Crippen LogP contribution in [0.4, 0.5) is 10.1 Å². The van der Waals surface area contributed by atoms with Gasteiger partial charge in [-0.2, -0.15) is 0 Å².